The van der Waals surface area contributed by atoms with Crippen molar-refractivity contribution in [2.45, 2.75) is 0 Å². The molecule has 0 spiro atoms. The summed E-state index contributed by atoms with van der Waals surface area (Å²) in [5, 5.41) is 0. The summed E-state index contributed by atoms with van der Waals surface area (Å²) in [5.41, 5.74) is 7.53. The number of nitrogens with two attached hydrogens (primary N) is 1. The molecule has 0 bridgehead atoms. The highest BCUT2D eigenvalue weighted by Crippen LogP contribution is 2.21. The van der Waals surface area contributed by atoms with Gasteiger partial charge in [-0.25, -0.2) is 9.97 Å². The van der Waals surface area contributed by atoms with Crippen LogP contribution in [0.3, 0.4) is 0 Å². The Bertz CT molecular complexity index is 425. The highest BCUT2D eigenvalue weighted by molar-refractivity contribution is 5.66. The van der Waals surface area contributed by atoms with Crippen LogP contribution < -0.4 is 5.73 Å². The first-order valence-corrected chi connectivity index (χ1v) is 3.93. The molecule has 0 fully saturated rings. The fourth-order valence-corrected chi connectivity index (χ4v) is 1.22. The highest BCUT2D eigenvalue weighted by atomic mass is 15.1. The first-order chi connectivity index (χ1) is 6.20. The molecule has 5 heteroatoms. The Morgan fingerprint density at radius 1 is 1.23 bits per heavy atom. The minimum absolute atomic E-state index is 0.656. The largest absolute Gasteiger partial charge is 0.383 e. The van der Waals surface area contributed by atoms with E-state index in [1.165, 1.54) is 0 Å². The van der Waals surface area contributed by atoms with Gasteiger partial charge in [-0.3, -0.25) is 0 Å². The smallest absolute Gasteiger partial charge is 0.132 e. The lowest BCUT2D eigenvalue weighted by Gasteiger charge is -2.00. The SMILES string of the molecule is Cn1cncc1-c1ncn(C)c1N. The van der Waals surface area contributed by atoms with E-state index in [1.807, 2.05) is 18.7 Å². The summed E-state index contributed by atoms with van der Waals surface area (Å²) < 4.78 is 3.67. The molecule has 0 saturated carbocycles. The number of nitrogen functional groups attached to an aromatic ring is 1. The molecule has 2 rings (SSSR count). The normalized spacial score (nSPS) is 10.6. The van der Waals surface area contributed by atoms with Gasteiger partial charge in [-0.05, 0) is 0 Å². The summed E-state index contributed by atoms with van der Waals surface area (Å²) in [6.45, 7) is 0. The topological polar surface area (TPSA) is 61.7 Å². The van der Waals surface area contributed by atoms with Crippen molar-refractivity contribution < 1.29 is 0 Å². The number of imidazole rings is 2. The Morgan fingerprint density at radius 3 is 2.46 bits per heavy atom. The van der Waals surface area contributed by atoms with Gasteiger partial charge < -0.3 is 14.9 Å². The second-order valence-corrected chi connectivity index (χ2v) is 2.98. The third kappa shape index (κ3) is 1.09. The molecule has 0 aromatic carbocycles. The molecule has 2 N–H and O–H groups in total. The van der Waals surface area contributed by atoms with Crippen LogP contribution in [-0.4, -0.2) is 19.1 Å². The first kappa shape index (κ1) is 7.85. The third-order valence-electron chi connectivity index (χ3n) is 2.04. The Labute approximate surface area is 75.8 Å². The van der Waals surface area contributed by atoms with Gasteiger partial charge in [-0.15, -0.1) is 0 Å². The standard InChI is InChI=1S/C8H11N5/c1-12-4-10-3-6(12)7-8(9)13(2)5-11-7/h3-5H,9H2,1-2H3. The van der Waals surface area contributed by atoms with Gasteiger partial charge in [0.1, 0.15) is 11.5 Å². The molecular formula is C8H11N5. The van der Waals surface area contributed by atoms with E-state index in [1.54, 1.807) is 23.4 Å². The number of hydrogen-bond donors (Lipinski definition) is 1. The van der Waals surface area contributed by atoms with E-state index in [0.29, 0.717) is 5.82 Å². The Hall–Kier alpha value is -1.78. The molecule has 13 heavy (non-hydrogen) atoms. The second-order valence-electron chi connectivity index (χ2n) is 2.98. The molecule has 2 aromatic heterocycles. The summed E-state index contributed by atoms with van der Waals surface area (Å²) in [7, 11) is 3.78. The molecule has 0 aliphatic carbocycles. The lowest BCUT2D eigenvalue weighted by Crippen LogP contribution is -1.97. The van der Waals surface area contributed by atoms with Crippen molar-refractivity contribution in [3.63, 3.8) is 0 Å². The van der Waals surface area contributed by atoms with Gasteiger partial charge in [-0.1, -0.05) is 0 Å². The van der Waals surface area contributed by atoms with Crippen LogP contribution in [0.5, 0.6) is 0 Å². The maximum Gasteiger partial charge on any atom is 0.132 e. The fourth-order valence-electron chi connectivity index (χ4n) is 1.22. The van der Waals surface area contributed by atoms with E-state index in [2.05, 4.69) is 9.97 Å². The second kappa shape index (κ2) is 2.62. The predicted molar refractivity (Wildman–Crippen MR) is 49.8 cm³/mol. The summed E-state index contributed by atoms with van der Waals surface area (Å²) in [6.07, 6.45) is 5.17. The van der Waals surface area contributed by atoms with Crippen LogP contribution in [-0.2, 0) is 14.1 Å². The van der Waals surface area contributed by atoms with Crippen molar-refractivity contribution in [2.75, 3.05) is 5.73 Å². The highest BCUT2D eigenvalue weighted by Gasteiger charge is 2.10. The van der Waals surface area contributed by atoms with Gasteiger partial charge in [0.25, 0.3) is 0 Å². The maximum atomic E-state index is 5.82. The quantitative estimate of drug-likeness (QED) is 0.686. The Kier molecular flexibility index (Phi) is 1.58. The molecule has 68 valence electrons. The molecule has 0 amide bonds. The third-order valence-corrected chi connectivity index (χ3v) is 2.04. The van der Waals surface area contributed by atoms with E-state index in [9.17, 15) is 0 Å². The van der Waals surface area contributed by atoms with Crippen LogP contribution >= 0.6 is 0 Å². The number of nitrogens with zero attached hydrogens (tertiary/aromatic N) is 4. The van der Waals surface area contributed by atoms with Crippen LogP contribution in [0, 0.1) is 0 Å². The predicted octanol–water partition coefficient (Wildman–Crippen LogP) is 0.403. The number of rotatable bonds is 1. The number of anilines is 1. The van der Waals surface area contributed by atoms with E-state index in [4.69, 9.17) is 5.73 Å². The van der Waals surface area contributed by atoms with Crippen molar-refractivity contribution in [3.05, 3.63) is 18.9 Å². The molecule has 0 atom stereocenters. The lowest BCUT2D eigenvalue weighted by atomic mass is 10.3. The fraction of sp³-hybridized carbons (Fsp3) is 0.250. The summed E-state index contributed by atoms with van der Waals surface area (Å²) in [4.78, 5) is 8.20. The van der Waals surface area contributed by atoms with Gasteiger partial charge >= 0.3 is 0 Å². The van der Waals surface area contributed by atoms with E-state index < -0.39 is 0 Å². The van der Waals surface area contributed by atoms with E-state index >= 15 is 0 Å². The monoisotopic (exact) mass is 177 g/mol. The first-order valence-electron chi connectivity index (χ1n) is 3.93. The average Bonchev–Trinajstić information content (AvgIpc) is 2.62. The Morgan fingerprint density at radius 2 is 2.00 bits per heavy atom. The van der Waals surface area contributed by atoms with Crippen LogP contribution in [0.15, 0.2) is 18.9 Å². The number of hydrogen-bond acceptors (Lipinski definition) is 3. The molecule has 5 nitrogen and oxygen atoms in total. The van der Waals surface area contributed by atoms with Crippen molar-refractivity contribution in [2.24, 2.45) is 14.1 Å². The van der Waals surface area contributed by atoms with Crippen LogP contribution in [0.4, 0.5) is 5.82 Å². The molecule has 0 aliphatic rings. The molecular weight excluding hydrogens is 166 g/mol. The minimum Gasteiger partial charge on any atom is -0.383 e. The van der Waals surface area contributed by atoms with Gasteiger partial charge in [0.05, 0.1) is 24.5 Å². The zero-order chi connectivity index (χ0) is 9.42. The number of aryl methyl sites for hydroxylation is 2. The Balaban J connectivity index is 2.59. The van der Waals surface area contributed by atoms with Crippen molar-refractivity contribution in [1.29, 1.82) is 0 Å². The summed E-state index contributed by atoms with van der Waals surface area (Å²) in [6, 6.07) is 0. The summed E-state index contributed by atoms with van der Waals surface area (Å²) in [5.74, 6) is 0.656. The molecule has 0 radical (unpaired) electrons. The van der Waals surface area contributed by atoms with Gasteiger partial charge in [0.2, 0.25) is 0 Å². The van der Waals surface area contributed by atoms with Crippen LogP contribution in [0.2, 0.25) is 0 Å². The van der Waals surface area contributed by atoms with E-state index in [-0.39, 0.29) is 0 Å². The molecule has 2 aromatic rings. The number of aromatic nitrogens is 4. The van der Waals surface area contributed by atoms with Crippen molar-refractivity contribution >= 4 is 5.82 Å². The van der Waals surface area contributed by atoms with Gasteiger partial charge in [0.15, 0.2) is 0 Å². The minimum atomic E-state index is 0.656. The zero-order valence-corrected chi connectivity index (χ0v) is 7.60. The van der Waals surface area contributed by atoms with Crippen LogP contribution in [0.25, 0.3) is 11.4 Å². The van der Waals surface area contributed by atoms with Crippen LogP contribution in [0.1, 0.15) is 0 Å². The van der Waals surface area contributed by atoms with Crippen molar-refractivity contribution in [3.8, 4) is 11.4 Å². The van der Waals surface area contributed by atoms with E-state index in [0.717, 1.165) is 11.4 Å². The zero-order valence-electron chi connectivity index (χ0n) is 7.60. The van der Waals surface area contributed by atoms with Gasteiger partial charge in [0, 0.05) is 14.1 Å². The molecule has 2 heterocycles. The molecule has 0 unspecified atom stereocenters. The molecule has 0 aliphatic heterocycles. The molecule has 0 saturated heterocycles. The van der Waals surface area contributed by atoms with Crippen molar-refractivity contribution in [1.82, 2.24) is 19.1 Å². The van der Waals surface area contributed by atoms with Gasteiger partial charge in [-0.2, -0.15) is 0 Å². The lowest BCUT2D eigenvalue weighted by molar-refractivity contribution is 0.917. The maximum absolute atomic E-state index is 5.82. The summed E-state index contributed by atoms with van der Waals surface area (Å²) >= 11 is 0. The average molecular weight is 177 g/mol.